The summed E-state index contributed by atoms with van der Waals surface area (Å²) in [4.78, 5) is 0. The Morgan fingerprint density at radius 2 is 2.10 bits per heavy atom. The van der Waals surface area contributed by atoms with Crippen molar-refractivity contribution in [2.24, 2.45) is 0 Å². The number of nitrogens with one attached hydrogen (secondary N) is 1. The molecule has 0 heterocycles. The highest BCUT2D eigenvalue weighted by Gasteiger charge is 2.24. The zero-order chi connectivity index (χ0) is 14.4. The van der Waals surface area contributed by atoms with Crippen molar-refractivity contribution in [1.82, 2.24) is 5.32 Å². The molecule has 0 saturated heterocycles. The van der Waals surface area contributed by atoms with Gasteiger partial charge in [-0.05, 0) is 37.9 Å². The summed E-state index contributed by atoms with van der Waals surface area (Å²) in [6, 6.07) is 5.72. The Kier molecular flexibility index (Phi) is 6.14. The predicted molar refractivity (Wildman–Crippen MR) is 82.3 cm³/mol. The molecule has 2 rings (SSSR count). The van der Waals surface area contributed by atoms with Crippen LogP contribution in [-0.4, -0.2) is 23.9 Å². The summed E-state index contributed by atoms with van der Waals surface area (Å²) in [6.07, 6.45) is 4.63. The Balaban J connectivity index is 2.12. The molecule has 0 spiro atoms. The molecule has 0 aromatic heterocycles. The van der Waals surface area contributed by atoms with E-state index in [0.29, 0.717) is 11.6 Å². The lowest BCUT2D eigenvalue weighted by molar-refractivity contribution is 0.0314. The van der Waals surface area contributed by atoms with E-state index in [1.165, 1.54) is 6.42 Å². The lowest BCUT2D eigenvalue weighted by Crippen LogP contribution is -2.31. The highest BCUT2D eigenvalue weighted by Crippen LogP contribution is 2.30. The molecule has 1 fully saturated rings. The third-order valence-electron chi connectivity index (χ3n) is 3.82. The number of hydrogen-bond acceptors (Lipinski definition) is 3. The second-order valence-electron chi connectivity index (χ2n) is 5.36. The summed E-state index contributed by atoms with van der Waals surface area (Å²) in [7, 11) is 0. The minimum atomic E-state index is -0.372. The van der Waals surface area contributed by atoms with E-state index in [2.05, 4.69) is 12.2 Å². The van der Waals surface area contributed by atoms with Crippen molar-refractivity contribution in [3.8, 4) is 5.75 Å². The topological polar surface area (TPSA) is 41.5 Å². The molecule has 0 aliphatic heterocycles. The molecule has 20 heavy (non-hydrogen) atoms. The van der Waals surface area contributed by atoms with Crippen LogP contribution in [0, 0.1) is 0 Å². The summed E-state index contributed by atoms with van der Waals surface area (Å²) < 4.78 is 6.08. The molecular weight excluding hydrogens is 274 g/mol. The molecule has 1 aliphatic rings. The van der Waals surface area contributed by atoms with Crippen molar-refractivity contribution in [3.05, 3.63) is 28.8 Å². The Morgan fingerprint density at radius 1 is 1.30 bits per heavy atom. The standard InChI is InChI=1S/C16H24ClNO2/c1-2-18-11-12-13(17)7-6-10-15(12)20-16-9-5-3-4-8-14(16)19/h6-7,10,14,16,18-19H,2-5,8-9,11H2,1H3. The number of ether oxygens (including phenoxy) is 1. The maximum absolute atomic E-state index is 10.2. The van der Waals surface area contributed by atoms with Crippen LogP contribution in [0.15, 0.2) is 18.2 Å². The molecule has 4 heteroatoms. The van der Waals surface area contributed by atoms with E-state index in [1.54, 1.807) is 0 Å². The van der Waals surface area contributed by atoms with E-state index in [1.807, 2.05) is 18.2 Å². The van der Waals surface area contributed by atoms with Gasteiger partial charge in [0.2, 0.25) is 0 Å². The Bertz CT molecular complexity index is 425. The van der Waals surface area contributed by atoms with E-state index >= 15 is 0 Å². The first-order valence-corrected chi connectivity index (χ1v) is 7.93. The number of aliphatic hydroxyl groups excluding tert-OH is 1. The second-order valence-corrected chi connectivity index (χ2v) is 5.77. The fourth-order valence-corrected chi connectivity index (χ4v) is 2.86. The van der Waals surface area contributed by atoms with Crippen LogP contribution in [0.4, 0.5) is 0 Å². The van der Waals surface area contributed by atoms with Gasteiger partial charge in [-0.15, -0.1) is 0 Å². The van der Waals surface area contributed by atoms with Gasteiger partial charge in [-0.1, -0.05) is 37.4 Å². The molecule has 0 amide bonds. The molecular formula is C16H24ClNO2. The van der Waals surface area contributed by atoms with Crippen molar-refractivity contribution >= 4 is 11.6 Å². The van der Waals surface area contributed by atoms with Crippen LogP contribution in [0.2, 0.25) is 5.02 Å². The molecule has 2 N–H and O–H groups in total. The van der Waals surface area contributed by atoms with Gasteiger partial charge in [0.15, 0.2) is 0 Å². The normalized spacial score (nSPS) is 23.4. The van der Waals surface area contributed by atoms with Gasteiger partial charge in [0.1, 0.15) is 11.9 Å². The van der Waals surface area contributed by atoms with Crippen molar-refractivity contribution in [2.45, 2.75) is 57.8 Å². The number of rotatable bonds is 5. The minimum absolute atomic E-state index is 0.114. The monoisotopic (exact) mass is 297 g/mol. The predicted octanol–water partition coefficient (Wildman–Crippen LogP) is 3.52. The summed E-state index contributed by atoms with van der Waals surface area (Å²) in [5.41, 5.74) is 0.979. The molecule has 2 atom stereocenters. The highest BCUT2D eigenvalue weighted by atomic mass is 35.5. The number of benzene rings is 1. The lowest BCUT2D eigenvalue weighted by atomic mass is 10.1. The van der Waals surface area contributed by atoms with Crippen LogP contribution >= 0.6 is 11.6 Å². The minimum Gasteiger partial charge on any atom is -0.487 e. The average Bonchev–Trinajstić information content (AvgIpc) is 2.64. The van der Waals surface area contributed by atoms with Gasteiger partial charge in [-0.3, -0.25) is 0 Å². The van der Waals surface area contributed by atoms with Crippen molar-refractivity contribution in [1.29, 1.82) is 0 Å². The number of hydrogen-bond donors (Lipinski definition) is 2. The Hall–Kier alpha value is -0.770. The van der Waals surface area contributed by atoms with Crippen LogP contribution in [0.1, 0.15) is 44.6 Å². The molecule has 3 nitrogen and oxygen atoms in total. The van der Waals surface area contributed by atoms with Gasteiger partial charge in [-0.25, -0.2) is 0 Å². The molecule has 0 bridgehead atoms. The van der Waals surface area contributed by atoms with Crippen LogP contribution in [0.25, 0.3) is 0 Å². The molecule has 0 radical (unpaired) electrons. The zero-order valence-electron chi connectivity index (χ0n) is 12.1. The van der Waals surface area contributed by atoms with Gasteiger partial charge in [-0.2, -0.15) is 0 Å². The van der Waals surface area contributed by atoms with Crippen molar-refractivity contribution in [2.75, 3.05) is 6.54 Å². The van der Waals surface area contributed by atoms with Gasteiger partial charge >= 0.3 is 0 Å². The van der Waals surface area contributed by atoms with E-state index in [4.69, 9.17) is 16.3 Å². The van der Waals surface area contributed by atoms with Crippen LogP contribution in [0.3, 0.4) is 0 Å². The molecule has 2 unspecified atom stereocenters. The molecule has 1 aromatic rings. The third-order valence-corrected chi connectivity index (χ3v) is 4.18. The molecule has 1 saturated carbocycles. The third kappa shape index (κ3) is 4.11. The Labute approximate surface area is 126 Å². The second kappa shape index (κ2) is 7.87. The highest BCUT2D eigenvalue weighted by molar-refractivity contribution is 6.31. The van der Waals surface area contributed by atoms with E-state index in [9.17, 15) is 5.11 Å². The largest absolute Gasteiger partial charge is 0.487 e. The van der Waals surface area contributed by atoms with E-state index in [0.717, 1.165) is 43.5 Å². The van der Waals surface area contributed by atoms with Gasteiger partial charge in [0.25, 0.3) is 0 Å². The smallest absolute Gasteiger partial charge is 0.125 e. The average molecular weight is 298 g/mol. The van der Waals surface area contributed by atoms with Gasteiger partial charge < -0.3 is 15.2 Å². The summed E-state index contributed by atoms with van der Waals surface area (Å²) in [5, 5.41) is 14.2. The first kappa shape index (κ1) is 15.6. The SMILES string of the molecule is CCNCc1c(Cl)cccc1OC1CCCCCC1O. The summed E-state index contributed by atoms with van der Waals surface area (Å²) in [6.45, 7) is 3.64. The number of aliphatic hydroxyl groups is 1. The van der Waals surface area contributed by atoms with Crippen molar-refractivity contribution in [3.63, 3.8) is 0 Å². The van der Waals surface area contributed by atoms with Gasteiger partial charge in [0, 0.05) is 17.1 Å². The first-order chi connectivity index (χ1) is 9.72. The fraction of sp³-hybridized carbons (Fsp3) is 0.625. The first-order valence-electron chi connectivity index (χ1n) is 7.55. The molecule has 1 aromatic carbocycles. The summed E-state index contributed by atoms with van der Waals surface area (Å²) >= 11 is 6.27. The maximum Gasteiger partial charge on any atom is 0.125 e. The van der Waals surface area contributed by atoms with E-state index < -0.39 is 0 Å². The van der Waals surface area contributed by atoms with Crippen LogP contribution in [-0.2, 0) is 6.54 Å². The maximum atomic E-state index is 10.2. The van der Waals surface area contributed by atoms with Crippen LogP contribution in [0.5, 0.6) is 5.75 Å². The molecule has 1 aliphatic carbocycles. The molecule has 112 valence electrons. The van der Waals surface area contributed by atoms with Crippen LogP contribution < -0.4 is 10.1 Å². The van der Waals surface area contributed by atoms with E-state index in [-0.39, 0.29) is 12.2 Å². The fourth-order valence-electron chi connectivity index (χ4n) is 2.63. The zero-order valence-corrected chi connectivity index (χ0v) is 12.8. The summed E-state index contributed by atoms with van der Waals surface area (Å²) in [5.74, 6) is 0.796. The lowest BCUT2D eigenvalue weighted by Gasteiger charge is -2.24. The van der Waals surface area contributed by atoms with Gasteiger partial charge in [0.05, 0.1) is 6.10 Å². The van der Waals surface area contributed by atoms with Crippen molar-refractivity contribution < 1.29 is 9.84 Å². The number of halogens is 1. The quantitative estimate of drug-likeness (QED) is 0.817. The Morgan fingerprint density at radius 3 is 2.90 bits per heavy atom.